The lowest BCUT2D eigenvalue weighted by Crippen LogP contribution is -2.47. The molecule has 1 atom stereocenters. The van der Waals surface area contributed by atoms with E-state index in [2.05, 4.69) is 10.6 Å². The molecule has 22 heavy (non-hydrogen) atoms. The Morgan fingerprint density at radius 1 is 1.27 bits per heavy atom. The summed E-state index contributed by atoms with van der Waals surface area (Å²) in [6, 6.07) is 11.5. The number of nitrogens with one attached hydrogen (secondary N) is 2. The summed E-state index contributed by atoms with van der Waals surface area (Å²) in [6.45, 7) is 1.87. The molecule has 1 aliphatic rings. The van der Waals surface area contributed by atoms with E-state index in [-0.39, 0.29) is 18.6 Å². The predicted molar refractivity (Wildman–Crippen MR) is 88.5 cm³/mol. The van der Waals surface area contributed by atoms with Crippen LogP contribution in [0.5, 0.6) is 5.75 Å². The maximum atomic E-state index is 12.0. The van der Waals surface area contributed by atoms with Gasteiger partial charge in [-0.25, -0.2) is 0 Å². The van der Waals surface area contributed by atoms with Crippen molar-refractivity contribution in [1.29, 1.82) is 0 Å². The highest BCUT2D eigenvalue weighted by molar-refractivity contribution is 6.35. The van der Waals surface area contributed by atoms with Crippen LogP contribution < -0.4 is 15.4 Å². The third kappa shape index (κ3) is 3.51. The maximum absolute atomic E-state index is 12.0. The molecular formula is C17H19ClN2O2. The van der Waals surface area contributed by atoms with Gasteiger partial charge < -0.3 is 15.4 Å². The first-order valence-electron chi connectivity index (χ1n) is 7.54. The molecule has 0 spiro atoms. The second-order valence-electron chi connectivity index (χ2n) is 5.49. The summed E-state index contributed by atoms with van der Waals surface area (Å²) in [5.74, 6) is 0.588. The highest BCUT2D eigenvalue weighted by Crippen LogP contribution is 2.31. The zero-order valence-electron chi connectivity index (χ0n) is 12.3. The summed E-state index contributed by atoms with van der Waals surface area (Å²) in [5.41, 5.74) is 0. The van der Waals surface area contributed by atoms with Crippen molar-refractivity contribution in [2.75, 3.05) is 19.7 Å². The maximum Gasteiger partial charge on any atom is 0.258 e. The predicted octanol–water partition coefficient (Wildman–Crippen LogP) is 2.74. The van der Waals surface area contributed by atoms with Crippen molar-refractivity contribution in [2.24, 2.45) is 0 Å². The number of benzene rings is 2. The summed E-state index contributed by atoms with van der Waals surface area (Å²) < 4.78 is 5.69. The molecule has 2 aromatic rings. The van der Waals surface area contributed by atoms with Crippen molar-refractivity contribution in [2.45, 2.75) is 18.9 Å². The summed E-state index contributed by atoms with van der Waals surface area (Å²) in [5, 5.41) is 8.80. The largest absolute Gasteiger partial charge is 0.483 e. The molecule has 0 radical (unpaired) electrons. The molecule has 0 unspecified atom stereocenters. The van der Waals surface area contributed by atoms with Crippen molar-refractivity contribution in [1.82, 2.24) is 10.6 Å². The monoisotopic (exact) mass is 318 g/mol. The molecule has 1 fully saturated rings. The lowest BCUT2D eigenvalue weighted by molar-refractivity contribution is -0.123. The third-order valence-corrected chi connectivity index (χ3v) is 4.18. The molecular weight excluding hydrogens is 300 g/mol. The summed E-state index contributed by atoms with van der Waals surface area (Å²) in [4.78, 5) is 12.0. The fourth-order valence-corrected chi connectivity index (χ4v) is 2.98. The molecule has 1 amide bonds. The molecule has 1 aliphatic heterocycles. The lowest BCUT2D eigenvalue weighted by Gasteiger charge is -2.23. The first-order chi connectivity index (χ1) is 10.7. The Bertz CT molecular complexity index is 669. The van der Waals surface area contributed by atoms with Gasteiger partial charge in [0.2, 0.25) is 0 Å². The van der Waals surface area contributed by atoms with E-state index >= 15 is 0 Å². The number of carbonyl (C=O) groups excluding carboxylic acids is 1. The standard InChI is InChI=1S/C17H19ClN2O2/c18-15-7-8-16(14-6-2-1-5-13(14)15)22-11-17(21)20-12-4-3-9-19-10-12/h1-2,5-8,12,19H,3-4,9-11H2,(H,20,21)/t12-/m0/s1. The Hall–Kier alpha value is -1.78. The van der Waals surface area contributed by atoms with Crippen LogP contribution in [0.25, 0.3) is 10.8 Å². The molecule has 4 nitrogen and oxygen atoms in total. The van der Waals surface area contributed by atoms with Crippen LogP contribution in [0.4, 0.5) is 0 Å². The molecule has 1 heterocycles. The number of fused-ring (bicyclic) bond motifs is 1. The van der Waals surface area contributed by atoms with Gasteiger partial charge in [0.25, 0.3) is 5.91 Å². The van der Waals surface area contributed by atoms with E-state index in [0.29, 0.717) is 10.8 Å². The van der Waals surface area contributed by atoms with E-state index < -0.39 is 0 Å². The van der Waals surface area contributed by atoms with Crippen LogP contribution in [0.15, 0.2) is 36.4 Å². The normalized spacial score (nSPS) is 18.1. The van der Waals surface area contributed by atoms with Crippen LogP contribution >= 0.6 is 11.6 Å². The van der Waals surface area contributed by atoms with Gasteiger partial charge in [-0.3, -0.25) is 4.79 Å². The van der Waals surface area contributed by atoms with Crippen LogP contribution in [0.2, 0.25) is 5.02 Å². The van der Waals surface area contributed by atoms with Crippen molar-refractivity contribution in [3.8, 4) is 5.75 Å². The fourth-order valence-electron chi connectivity index (χ4n) is 2.75. The van der Waals surface area contributed by atoms with E-state index in [1.807, 2.05) is 24.3 Å². The smallest absolute Gasteiger partial charge is 0.258 e. The Labute approximate surface area is 134 Å². The van der Waals surface area contributed by atoms with Gasteiger partial charge in [0.1, 0.15) is 5.75 Å². The average molecular weight is 319 g/mol. The highest BCUT2D eigenvalue weighted by Gasteiger charge is 2.15. The summed E-state index contributed by atoms with van der Waals surface area (Å²) in [6.07, 6.45) is 2.11. The first kappa shape index (κ1) is 15.1. The summed E-state index contributed by atoms with van der Waals surface area (Å²) >= 11 is 6.18. The van der Waals surface area contributed by atoms with Crippen molar-refractivity contribution in [3.63, 3.8) is 0 Å². The van der Waals surface area contributed by atoms with Crippen LogP contribution in [-0.2, 0) is 4.79 Å². The Balaban J connectivity index is 1.64. The number of carbonyl (C=O) groups is 1. The van der Waals surface area contributed by atoms with Gasteiger partial charge in [-0.1, -0.05) is 35.9 Å². The van der Waals surface area contributed by atoms with E-state index in [1.165, 1.54) is 0 Å². The van der Waals surface area contributed by atoms with Crippen molar-refractivity contribution < 1.29 is 9.53 Å². The van der Waals surface area contributed by atoms with Crippen LogP contribution in [-0.4, -0.2) is 31.6 Å². The lowest BCUT2D eigenvalue weighted by atomic mass is 10.1. The van der Waals surface area contributed by atoms with Gasteiger partial charge in [-0.2, -0.15) is 0 Å². The fraction of sp³-hybridized carbons (Fsp3) is 0.353. The Morgan fingerprint density at radius 2 is 2.09 bits per heavy atom. The zero-order valence-corrected chi connectivity index (χ0v) is 13.0. The van der Waals surface area contributed by atoms with Crippen molar-refractivity contribution in [3.05, 3.63) is 41.4 Å². The SMILES string of the molecule is O=C(COc1ccc(Cl)c2ccccc12)N[C@H]1CCCNC1. The van der Waals surface area contributed by atoms with Gasteiger partial charge in [0, 0.05) is 28.4 Å². The summed E-state index contributed by atoms with van der Waals surface area (Å²) in [7, 11) is 0. The minimum Gasteiger partial charge on any atom is -0.483 e. The van der Waals surface area contributed by atoms with Crippen LogP contribution in [0, 0.1) is 0 Å². The number of rotatable bonds is 4. The first-order valence-corrected chi connectivity index (χ1v) is 7.92. The number of hydrogen-bond acceptors (Lipinski definition) is 3. The number of halogens is 1. The van der Waals surface area contributed by atoms with Crippen molar-refractivity contribution >= 4 is 28.3 Å². The number of piperidine rings is 1. The van der Waals surface area contributed by atoms with Gasteiger partial charge in [-0.05, 0) is 31.5 Å². The second kappa shape index (κ2) is 6.99. The molecule has 0 aromatic heterocycles. The van der Waals surface area contributed by atoms with E-state index in [1.54, 1.807) is 12.1 Å². The Morgan fingerprint density at radius 3 is 2.86 bits per heavy atom. The minimum absolute atomic E-state index is 0.0160. The second-order valence-corrected chi connectivity index (χ2v) is 5.90. The van der Waals surface area contributed by atoms with Gasteiger partial charge >= 0.3 is 0 Å². The quantitative estimate of drug-likeness (QED) is 0.911. The molecule has 0 bridgehead atoms. The number of ether oxygens (including phenoxy) is 1. The number of hydrogen-bond donors (Lipinski definition) is 2. The molecule has 2 aromatic carbocycles. The number of amides is 1. The van der Waals surface area contributed by atoms with Crippen LogP contribution in [0.3, 0.4) is 0 Å². The van der Waals surface area contributed by atoms with Crippen LogP contribution in [0.1, 0.15) is 12.8 Å². The third-order valence-electron chi connectivity index (χ3n) is 3.85. The molecule has 2 N–H and O–H groups in total. The topological polar surface area (TPSA) is 50.4 Å². The van der Waals surface area contributed by atoms with E-state index in [4.69, 9.17) is 16.3 Å². The van der Waals surface area contributed by atoms with E-state index in [9.17, 15) is 4.79 Å². The zero-order chi connectivity index (χ0) is 15.4. The molecule has 3 rings (SSSR count). The van der Waals surface area contributed by atoms with Gasteiger partial charge in [-0.15, -0.1) is 0 Å². The molecule has 1 saturated heterocycles. The average Bonchev–Trinajstić information content (AvgIpc) is 2.55. The molecule has 116 valence electrons. The molecule has 5 heteroatoms. The molecule has 0 aliphatic carbocycles. The Kier molecular flexibility index (Phi) is 4.80. The molecule has 0 saturated carbocycles. The highest BCUT2D eigenvalue weighted by atomic mass is 35.5. The van der Waals surface area contributed by atoms with E-state index in [0.717, 1.165) is 36.7 Å². The van der Waals surface area contributed by atoms with Gasteiger partial charge in [0.05, 0.1) is 0 Å². The minimum atomic E-state index is -0.0901. The van der Waals surface area contributed by atoms with Gasteiger partial charge in [0.15, 0.2) is 6.61 Å².